The van der Waals surface area contributed by atoms with Crippen molar-refractivity contribution < 1.29 is 24.2 Å². The molecule has 0 amide bonds. The molecule has 1 rings (SSSR count). The molecule has 0 aromatic heterocycles. The van der Waals surface area contributed by atoms with Gasteiger partial charge in [-0.2, -0.15) is 0 Å². The number of aliphatic carboxylic acids is 1. The monoisotopic (exact) mass is 267 g/mol. The van der Waals surface area contributed by atoms with E-state index in [9.17, 15) is 9.59 Å². The van der Waals surface area contributed by atoms with Gasteiger partial charge in [-0.15, -0.1) is 0 Å². The topological polar surface area (TPSA) is 98.9 Å². The average molecular weight is 267 g/mol. The number of carboxylic acids is 1. The molecule has 0 saturated heterocycles. The molecule has 1 aromatic carbocycles. The summed E-state index contributed by atoms with van der Waals surface area (Å²) in [6.45, 7) is 0. The number of nitrogens with two attached hydrogens (primary N) is 1. The Morgan fingerprint density at radius 3 is 2.58 bits per heavy atom. The van der Waals surface area contributed by atoms with Gasteiger partial charge < -0.3 is 20.3 Å². The second-order valence-corrected chi connectivity index (χ2v) is 4.00. The van der Waals surface area contributed by atoms with Crippen molar-refractivity contribution in [3.63, 3.8) is 0 Å². The number of hydrogen-bond acceptors (Lipinski definition) is 5. The minimum absolute atomic E-state index is 0.0576. The fourth-order valence-electron chi connectivity index (χ4n) is 1.79. The summed E-state index contributed by atoms with van der Waals surface area (Å²) >= 11 is 0. The van der Waals surface area contributed by atoms with Gasteiger partial charge in [0.25, 0.3) is 0 Å². The van der Waals surface area contributed by atoms with E-state index in [0.717, 1.165) is 0 Å². The Labute approximate surface area is 111 Å². The highest BCUT2D eigenvalue weighted by Gasteiger charge is 2.18. The van der Waals surface area contributed by atoms with Crippen LogP contribution in [-0.4, -0.2) is 31.6 Å². The molecule has 0 radical (unpaired) electrons. The lowest BCUT2D eigenvalue weighted by molar-refractivity contribution is -0.137. The summed E-state index contributed by atoms with van der Waals surface area (Å²) in [5.41, 5.74) is 6.91. The Bertz CT molecular complexity index is 472. The third kappa shape index (κ3) is 3.69. The molecule has 0 spiro atoms. The van der Waals surface area contributed by atoms with Gasteiger partial charge in [0, 0.05) is 23.6 Å². The highest BCUT2D eigenvalue weighted by Crippen LogP contribution is 2.36. The van der Waals surface area contributed by atoms with Crippen molar-refractivity contribution >= 4 is 12.3 Å². The molecule has 6 nitrogen and oxygen atoms in total. The molecule has 1 unspecified atom stereocenters. The van der Waals surface area contributed by atoms with E-state index >= 15 is 0 Å². The smallest absolute Gasteiger partial charge is 0.303 e. The number of carboxylic acid groups (broad SMARTS) is 1. The summed E-state index contributed by atoms with van der Waals surface area (Å²) in [5.74, 6) is -0.105. The van der Waals surface area contributed by atoms with Gasteiger partial charge in [-0.1, -0.05) is 0 Å². The second-order valence-electron chi connectivity index (χ2n) is 4.00. The summed E-state index contributed by atoms with van der Waals surface area (Å²) < 4.78 is 10.4. The van der Waals surface area contributed by atoms with Crippen LogP contribution in [0.4, 0.5) is 0 Å². The molecule has 3 N–H and O–H groups in total. The predicted octanol–water partition coefficient (Wildman–Crippen LogP) is 1.38. The lowest BCUT2D eigenvalue weighted by Gasteiger charge is -2.18. The largest absolute Gasteiger partial charge is 0.493 e. The number of rotatable bonds is 7. The van der Waals surface area contributed by atoms with Crippen LogP contribution in [0.15, 0.2) is 12.1 Å². The van der Waals surface area contributed by atoms with Crippen molar-refractivity contribution in [2.24, 2.45) is 5.73 Å². The highest BCUT2D eigenvalue weighted by molar-refractivity contribution is 5.77. The number of ether oxygens (including phenoxy) is 2. The van der Waals surface area contributed by atoms with Crippen LogP contribution < -0.4 is 15.2 Å². The maximum atomic E-state index is 10.9. The van der Waals surface area contributed by atoms with Crippen LogP contribution in [0.25, 0.3) is 0 Å². The summed E-state index contributed by atoms with van der Waals surface area (Å²) in [6, 6.07) is 2.58. The Balaban J connectivity index is 3.15. The number of carbonyl (C=O) groups is 2. The minimum Gasteiger partial charge on any atom is -0.493 e. The molecule has 0 bridgehead atoms. The van der Waals surface area contributed by atoms with Crippen molar-refractivity contribution in [1.29, 1.82) is 0 Å². The average Bonchev–Trinajstić information content (AvgIpc) is 2.42. The standard InChI is InChI=1S/C13H17NO5/c1-18-11-6-8(7-15)5-9(13(11)19-2)10(14)3-4-12(16)17/h5-7,10H,3-4,14H2,1-2H3,(H,16,17). The number of aldehydes is 1. The van der Waals surface area contributed by atoms with E-state index in [1.807, 2.05) is 0 Å². The van der Waals surface area contributed by atoms with E-state index in [0.29, 0.717) is 28.9 Å². The van der Waals surface area contributed by atoms with Crippen LogP contribution in [-0.2, 0) is 4.79 Å². The molecule has 1 aromatic rings. The number of benzene rings is 1. The van der Waals surface area contributed by atoms with Gasteiger partial charge in [-0.3, -0.25) is 9.59 Å². The molecule has 1 atom stereocenters. The molecule has 0 heterocycles. The van der Waals surface area contributed by atoms with Gasteiger partial charge in [0.2, 0.25) is 0 Å². The van der Waals surface area contributed by atoms with Gasteiger partial charge in [0.1, 0.15) is 6.29 Å². The molecule has 0 aliphatic rings. The zero-order valence-corrected chi connectivity index (χ0v) is 10.9. The SMILES string of the molecule is COc1cc(C=O)cc(C(N)CCC(=O)O)c1OC. The predicted molar refractivity (Wildman–Crippen MR) is 68.7 cm³/mol. The van der Waals surface area contributed by atoms with Gasteiger partial charge >= 0.3 is 5.97 Å². The molecule has 0 aliphatic heterocycles. The van der Waals surface area contributed by atoms with Gasteiger partial charge in [0.05, 0.1) is 14.2 Å². The van der Waals surface area contributed by atoms with Crippen LogP contribution in [0.3, 0.4) is 0 Å². The summed E-state index contributed by atoms with van der Waals surface area (Å²) in [4.78, 5) is 21.5. The van der Waals surface area contributed by atoms with Crippen LogP contribution >= 0.6 is 0 Å². The third-order valence-electron chi connectivity index (χ3n) is 2.73. The van der Waals surface area contributed by atoms with Crippen molar-refractivity contribution in [2.75, 3.05) is 14.2 Å². The van der Waals surface area contributed by atoms with Crippen molar-refractivity contribution in [3.05, 3.63) is 23.3 Å². The minimum atomic E-state index is -0.923. The first-order valence-electron chi connectivity index (χ1n) is 5.72. The molecule has 0 fully saturated rings. The quantitative estimate of drug-likeness (QED) is 0.724. The van der Waals surface area contributed by atoms with E-state index in [2.05, 4.69) is 0 Å². The van der Waals surface area contributed by atoms with Gasteiger partial charge in [-0.05, 0) is 18.6 Å². The summed E-state index contributed by atoms with van der Waals surface area (Å²) in [5, 5.41) is 8.67. The third-order valence-corrected chi connectivity index (χ3v) is 2.73. The van der Waals surface area contributed by atoms with E-state index in [4.69, 9.17) is 20.3 Å². The summed E-state index contributed by atoms with van der Waals surface area (Å²) in [7, 11) is 2.92. The number of methoxy groups -OCH3 is 2. The highest BCUT2D eigenvalue weighted by atomic mass is 16.5. The van der Waals surface area contributed by atoms with Crippen LogP contribution in [0.1, 0.15) is 34.8 Å². The number of hydrogen-bond donors (Lipinski definition) is 2. The maximum absolute atomic E-state index is 10.9. The number of carbonyl (C=O) groups excluding carboxylic acids is 1. The Kier molecular flexibility index (Phi) is 5.32. The van der Waals surface area contributed by atoms with Gasteiger partial charge in [-0.25, -0.2) is 0 Å². The fraction of sp³-hybridized carbons (Fsp3) is 0.385. The molecule has 19 heavy (non-hydrogen) atoms. The maximum Gasteiger partial charge on any atom is 0.303 e. The molecule has 6 heteroatoms. The second kappa shape index (κ2) is 6.75. The van der Waals surface area contributed by atoms with Crippen molar-refractivity contribution in [1.82, 2.24) is 0 Å². The van der Waals surface area contributed by atoms with Crippen LogP contribution in [0, 0.1) is 0 Å². The lowest BCUT2D eigenvalue weighted by Crippen LogP contribution is -2.14. The Morgan fingerprint density at radius 1 is 1.42 bits per heavy atom. The van der Waals surface area contributed by atoms with Gasteiger partial charge in [0.15, 0.2) is 11.5 Å². The van der Waals surface area contributed by atoms with E-state index < -0.39 is 12.0 Å². The molecule has 0 aliphatic carbocycles. The van der Waals surface area contributed by atoms with Crippen LogP contribution in [0.2, 0.25) is 0 Å². The van der Waals surface area contributed by atoms with E-state index in [-0.39, 0.29) is 12.8 Å². The van der Waals surface area contributed by atoms with E-state index in [1.165, 1.54) is 14.2 Å². The first-order chi connectivity index (χ1) is 9.03. The fourth-order valence-corrected chi connectivity index (χ4v) is 1.79. The zero-order chi connectivity index (χ0) is 14.4. The molecular weight excluding hydrogens is 250 g/mol. The molecule has 0 saturated carbocycles. The van der Waals surface area contributed by atoms with Crippen molar-refractivity contribution in [3.8, 4) is 11.5 Å². The Morgan fingerprint density at radius 2 is 2.11 bits per heavy atom. The molecule has 104 valence electrons. The zero-order valence-electron chi connectivity index (χ0n) is 10.9. The Hall–Kier alpha value is -2.08. The van der Waals surface area contributed by atoms with E-state index in [1.54, 1.807) is 12.1 Å². The van der Waals surface area contributed by atoms with Crippen LogP contribution in [0.5, 0.6) is 11.5 Å². The molecular formula is C13H17NO5. The normalized spacial score (nSPS) is 11.7. The summed E-state index contributed by atoms with van der Waals surface area (Å²) in [6.07, 6.45) is 0.866. The van der Waals surface area contributed by atoms with Crippen molar-refractivity contribution in [2.45, 2.75) is 18.9 Å². The first-order valence-corrected chi connectivity index (χ1v) is 5.72. The lowest BCUT2D eigenvalue weighted by atomic mass is 9.99. The first kappa shape index (κ1) is 15.0.